The average Bonchev–Trinajstić information content (AvgIpc) is 2.55. The number of anilines is 1. The maximum atomic E-state index is 12.6. The third-order valence-corrected chi connectivity index (χ3v) is 4.46. The number of methoxy groups -OCH3 is 1. The van der Waals surface area contributed by atoms with E-state index in [1.807, 2.05) is 37.3 Å². The van der Waals surface area contributed by atoms with Crippen LogP contribution in [0.25, 0.3) is 0 Å². The largest absolute Gasteiger partial charge is 0.496 e. The minimum atomic E-state index is -0.0713. The van der Waals surface area contributed by atoms with Crippen LogP contribution in [0.4, 0.5) is 5.69 Å². The lowest BCUT2D eigenvalue weighted by Crippen LogP contribution is -2.31. The normalized spacial score (nSPS) is 15.8. The number of carbonyl (C=O) groups excluding carboxylic acids is 1. The number of nitrogen functional groups attached to an aromatic ring is 1. The third-order valence-electron chi connectivity index (χ3n) is 4.46. The van der Waals surface area contributed by atoms with Gasteiger partial charge in [0.2, 0.25) is 0 Å². The summed E-state index contributed by atoms with van der Waals surface area (Å²) in [6, 6.07) is 11.5. The van der Waals surface area contributed by atoms with E-state index in [0.717, 1.165) is 36.3 Å². The number of ether oxygens (including phenoxy) is 1. The first-order chi connectivity index (χ1) is 11.1. The summed E-state index contributed by atoms with van der Waals surface area (Å²) in [6.07, 6.45) is 3.02. The summed E-state index contributed by atoms with van der Waals surface area (Å²) in [7, 11) is 1.62. The number of rotatable bonds is 3. The van der Waals surface area contributed by atoms with Crippen LogP contribution in [0.2, 0.25) is 0 Å². The van der Waals surface area contributed by atoms with Crippen molar-refractivity contribution in [2.24, 2.45) is 0 Å². The van der Waals surface area contributed by atoms with Gasteiger partial charge in [0.05, 0.1) is 13.2 Å². The average molecular weight is 347 g/mol. The fourth-order valence-electron chi connectivity index (χ4n) is 3.19. The van der Waals surface area contributed by atoms with Crippen LogP contribution in [-0.4, -0.2) is 13.0 Å². The Hall–Kier alpha value is -2.20. The number of aryl methyl sites for hydroxylation is 2. The van der Waals surface area contributed by atoms with Crippen LogP contribution in [0.3, 0.4) is 0 Å². The lowest BCUT2D eigenvalue weighted by atomic mass is 9.87. The molecule has 0 aliphatic heterocycles. The topological polar surface area (TPSA) is 64.3 Å². The Morgan fingerprint density at radius 2 is 2.04 bits per heavy atom. The second-order valence-corrected chi connectivity index (χ2v) is 6.06. The van der Waals surface area contributed by atoms with E-state index in [1.54, 1.807) is 13.2 Å². The molecule has 1 aliphatic rings. The molecule has 0 fully saturated rings. The van der Waals surface area contributed by atoms with Gasteiger partial charge in [-0.3, -0.25) is 4.79 Å². The maximum Gasteiger partial charge on any atom is 0.251 e. The first kappa shape index (κ1) is 18.1. The van der Waals surface area contributed by atoms with Crippen molar-refractivity contribution in [2.45, 2.75) is 32.2 Å². The van der Waals surface area contributed by atoms with E-state index in [-0.39, 0.29) is 24.4 Å². The van der Waals surface area contributed by atoms with E-state index >= 15 is 0 Å². The van der Waals surface area contributed by atoms with E-state index in [2.05, 4.69) is 5.32 Å². The van der Waals surface area contributed by atoms with Gasteiger partial charge in [-0.15, -0.1) is 12.4 Å². The summed E-state index contributed by atoms with van der Waals surface area (Å²) >= 11 is 0. The van der Waals surface area contributed by atoms with Crippen molar-refractivity contribution in [3.63, 3.8) is 0 Å². The van der Waals surface area contributed by atoms with E-state index in [0.29, 0.717) is 5.56 Å². The molecule has 2 aromatic rings. The SMILES string of the molecule is COc1cc(C(=O)NC2CCCc3cc(N)ccc32)ccc1C.Cl. The molecule has 1 aliphatic carbocycles. The Balaban J connectivity index is 0.00000208. The molecule has 0 heterocycles. The van der Waals surface area contributed by atoms with E-state index in [1.165, 1.54) is 11.1 Å². The number of hydrogen-bond acceptors (Lipinski definition) is 3. The number of nitrogens with two attached hydrogens (primary N) is 1. The number of halogens is 1. The molecular weight excluding hydrogens is 324 g/mol. The minimum Gasteiger partial charge on any atom is -0.496 e. The van der Waals surface area contributed by atoms with Gasteiger partial charge < -0.3 is 15.8 Å². The Morgan fingerprint density at radius 1 is 1.25 bits per heavy atom. The Labute approximate surface area is 148 Å². The molecule has 3 rings (SSSR count). The fourth-order valence-corrected chi connectivity index (χ4v) is 3.19. The van der Waals surface area contributed by atoms with E-state index in [4.69, 9.17) is 10.5 Å². The smallest absolute Gasteiger partial charge is 0.251 e. The first-order valence-electron chi connectivity index (χ1n) is 7.92. The zero-order valence-corrected chi connectivity index (χ0v) is 14.8. The summed E-state index contributed by atoms with van der Waals surface area (Å²) in [5.74, 6) is 0.660. The standard InChI is InChI=1S/C19H22N2O2.ClH/c1-12-6-7-14(11-18(12)23-2)19(22)21-17-5-3-4-13-10-15(20)8-9-16(13)17;/h6-11,17H,3-5,20H2,1-2H3,(H,21,22);1H. The van der Waals surface area contributed by atoms with Gasteiger partial charge in [-0.25, -0.2) is 0 Å². The summed E-state index contributed by atoms with van der Waals surface area (Å²) in [5, 5.41) is 3.15. The van der Waals surface area contributed by atoms with Crippen LogP contribution in [0.5, 0.6) is 5.75 Å². The zero-order chi connectivity index (χ0) is 16.4. The van der Waals surface area contributed by atoms with Gasteiger partial charge in [0.25, 0.3) is 5.91 Å². The lowest BCUT2D eigenvalue weighted by Gasteiger charge is -2.26. The van der Waals surface area contributed by atoms with Crippen LogP contribution in [0.15, 0.2) is 36.4 Å². The van der Waals surface area contributed by atoms with E-state index in [9.17, 15) is 4.79 Å². The highest BCUT2D eigenvalue weighted by Gasteiger charge is 2.22. The van der Waals surface area contributed by atoms with Crippen molar-refractivity contribution in [1.29, 1.82) is 0 Å². The molecular formula is C19H23ClN2O2. The van der Waals surface area contributed by atoms with E-state index < -0.39 is 0 Å². The maximum absolute atomic E-state index is 12.6. The highest BCUT2D eigenvalue weighted by atomic mass is 35.5. The van der Waals surface area contributed by atoms with Crippen molar-refractivity contribution in [3.8, 4) is 5.75 Å². The van der Waals surface area contributed by atoms with Gasteiger partial charge in [0.1, 0.15) is 5.75 Å². The van der Waals surface area contributed by atoms with Crippen molar-refractivity contribution < 1.29 is 9.53 Å². The first-order valence-corrected chi connectivity index (χ1v) is 7.92. The molecule has 4 nitrogen and oxygen atoms in total. The number of carbonyl (C=O) groups is 1. The Morgan fingerprint density at radius 3 is 2.79 bits per heavy atom. The van der Waals surface area contributed by atoms with Gasteiger partial charge >= 0.3 is 0 Å². The molecule has 24 heavy (non-hydrogen) atoms. The minimum absolute atomic E-state index is 0. The van der Waals surface area contributed by atoms with Gasteiger partial charge in [0, 0.05) is 11.3 Å². The highest BCUT2D eigenvalue weighted by Crippen LogP contribution is 2.31. The summed E-state index contributed by atoms with van der Waals surface area (Å²) in [6.45, 7) is 1.96. The third kappa shape index (κ3) is 3.65. The molecule has 5 heteroatoms. The molecule has 3 N–H and O–H groups in total. The predicted molar refractivity (Wildman–Crippen MR) is 99.0 cm³/mol. The van der Waals surface area contributed by atoms with Crippen LogP contribution in [0.1, 0.15) is 45.9 Å². The molecule has 0 bridgehead atoms. The quantitative estimate of drug-likeness (QED) is 0.830. The van der Waals surface area contributed by atoms with Crippen LogP contribution in [-0.2, 0) is 6.42 Å². The Bertz CT molecular complexity index is 746. The lowest BCUT2D eigenvalue weighted by molar-refractivity contribution is 0.0932. The molecule has 0 radical (unpaired) electrons. The number of nitrogens with one attached hydrogen (secondary N) is 1. The molecule has 2 aromatic carbocycles. The molecule has 0 spiro atoms. The van der Waals surface area contributed by atoms with Crippen LogP contribution >= 0.6 is 12.4 Å². The predicted octanol–water partition coefficient (Wildman–Crippen LogP) is 3.82. The van der Waals surface area contributed by atoms with Crippen LogP contribution < -0.4 is 15.8 Å². The summed E-state index contributed by atoms with van der Waals surface area (Å²) in [5.41, 5.74) is 10.7. The van der Waals surface area contributed by atoms with Gasteiger partial charge in [-0.05, 0) is 67.1 Å². The van der Waals surface area contributed by atoms with Crippen molar-refractivity contribution in [3.05, 3.63) is 58.7 Å². The molecule has 1 atom stereocenters. The molecule has 128 valence electrons. The number of benzene rings is 2. The number of hydrogen-bond donors (Lipinski definition) is 2. The molecule has 1 amide bonds. The monoisotopic (exact) mass is 346 g/mol. The molecule has 0 saturated heterocycles. The summed E-state index contributed by atoms with van der Waals surface area (Å²) in [4.78, 5) is 12.6. The number of amides is 1. The second-order valence-electron chi connectivity index (χ2n) is 6.06. The van der Waals surface area contributed by atoms with Crippen molar-refractivity contribution in [2.75, 3.05) is 12.8 Å². The highest BCUT2D eigenvalue weighted by molar-refractivity contribution is 5.95. The second kappa shape index (κ2) is 7.58. The Kier molecular flexibility index (Phi) is 5.73. The molecule has 0 saturated carbocycles. The van der Waals surface area contributed by atoms with Crippen molar-refractivity contribution >= 4 is 24.0 Å². The molecule has 1 unspecified atom stereocenters. The van der Waals surface area contributed by atoms with Gasteiger partial charge in [0.15, 0.2) is 0 Å². The zero-order valence-electron chi connectivity index (χ0n) is 14.0. The van der Waals surface area contributed by atoms with Gasteiger partial charge in [-0.1, -0.05) is 12.1 Å². The molecule has 0 aromatic heterocycles. The van der Waals surface area contributed by atoms with Crippen LogP contribution in [0, 0.1) is 6.92 Å². The van der Waals surface area contributed by atoms with Crippen molar-refractivity contribution in [1.82, 2.24) is 5.32 Å². The summed E-state index contributed by atoms with van der Waals surface area (Å²) < 4.78 is 5.30. The number of fused-ring (bicyclic) bond motifs is 1. The van der Waals surface area contributed by atoms with Gasteiger partial charge in [-0.2, -0.15) is 0 Å². The fraction of sp³-hybridized carbons (Fsp3) is 0.316.